The van der Waals surface area contributed by atoms with E-state index in [-0.39, 0.29) is 42.5 Å². The fraction of sp³-hybridized carbons (Fsp3) is 0.407. The number of imide groups is 1. The maximum atomic E-state index is 12.9. The van der Waals surface area contributed by atoms with E-state index in [0.717, 1.165) is 36.9 Å². The summed E-state index contributed by atoms with van der Waals surface area (Å²) in [7, 11) is 0. The lowest BCUT2D eigenvalue weighted by Crippen LogP contribution is -2.31. The van der Waals surface area contributed by atoms with Gasteiger partial charge in [-0.1, -0.05) is 30.5 Å². The van der Waals surface area contributed by atoms with Crippen LogP contribution in [0, 0.1) is 31.6 Å². The van der Waals surface area contributed by atoms with Crippen molar-refractivity contribution in [3.8, 4) is 5.75 Å². The molecule has 5 rings (SSSR count). The van der Waals surface area contributed by atoms with Gasteiger partial charge in [0.1, 0.15) is 5.75 Å². The van der Waals surface area contributed by atoms with E-state index in [9.17, 15) is 19.2 Å². The van der Waals surface area contributed by atoms with Crippen molar-refractivity contribution in [1.29, 1.82) is 0 Å². The van der Waals surface area contributed by atoms with Gasteiger partial charge in [0.05, 0.1) is 23.4 Å². The van der Waals surface area contributed by atoms with Gasteiger partial charge in [0.25, 0.3) is 0 Å². The van der Waals surface area contributed by atoms with Crippen LogP contribution in [0.15, 0.2) is 42.5 Å². The van der Waals surface area contributed by atoms with Crippen LogP contribution >= 0.6 is 0 Å². The normalized spacial score (nSPS) is 24.5. The molecular formula is C27H28N2O5. The lowest BCUT2D eigenvalue weighted by molar-refractivity contribution is -0.139. The van der Waals surface area contributed by atoms with Crippen LogP contribution < -0.4 is 14.5 Å². The summed E-state index contributed by atoms with van der Waals surface area (Å²) in [6, 6.07) is 12.6. The van der Waals surface area contributed by atoms with Crippen LogP contribution in [0.4, 0.5) is 11.4 Å². The zero-order valence-corrected chi connectivity index (χ0v) is 19.5. The highest BCUT2D eigenvalue weighted by Gasteiger charge is 2.49. The summed E-state index contributed by atoms with van der Waals surface area (Å²) in [5.74, 6) is -1.46. The zero-order chi connectivity index (χ0) is 24.0. The highest BCUT2D eigenvalue weighted by molar-refractivity contribution is 6.22. The van der Waals surface area contributed by atoms with E-state index in [1.165, 1.54) is 4.90 Å². The summed E-state index contributed by atoms with van der Waals surface area (Å²) < 4.78 is 5.59. The quantitative estimate of drug-likeness (QED) is 0.392. The van der Waals surface area contributed by atoms with Crippen molar-refractivity contribution in [3.63, 3.8) is 0 Å². The standard InChI is InChI=1S/C27H28N2O5/c1-16-7-9-19(10-8-16)28-15-18(14-24(28)30)27(33)34-20-11-12-23(17(2)13-20)29-25(31)21-5-3-4-6-22(21)26(29)32/h7-13,18,21-22H,3-6,14-15H2,1-2H3/t18-,21+,22+/m1/s1. The Hall–Kier alpha value is -3.48. The smallest absolute Gasteiger partial charge is 0.316 e. The van der Waals surface area contributed by atoms with Gasteiger partial charge < -0.3 is 9.64 Å². The van der Waals surface area contributed by atoms with Crippen LogP contribution in [-0.4, -0.2) is 30.2 Å². The van der Waals surface area contributed by atoms with Gasteiger partial charge in [-0.05, 0) is 62.6 Å². The molecule has 176 valence electrons. The van der Waals surface area contributed by atoms with Crippen molar-refractivity contribution >= 4 is 35.1 Å². The van der Waals surface area contributed by atoms with Crippen LogP contribution in [-0.2, 0) is 19.2 Å². The number of amides is 3. The minimum atomic E-state index is -0.557. The van der Waals surface area contributed by atoms with Crippen LogP contribution in [0.1, 0.15) is 43.2 Å². The van der Waals surface area contributed by atoms with Crippen molar-refractivity contribution in [2.24, 2.45) is 17.8 Å². The van der Waals surface area contributed by atoms with Crippen LogP contribution in [0.5, 0.6) is 5.75 Å². The van der Waals surface area contributed by atoms with Gasteiger partial charge in [-0.25, -0.2) is 4.90 Å². The highest BCUT2D eigenvalue weighted by Crippen LogP contribution is 2.41. The molecule has 1 aliphatic carbocycles. The Bertz CT molecular complexity index is 1150. The summed E-state index contributed by atoms with van der Waals surface area (Å²) in [5.41, 5.74) is 3.10. The van der Waals surface area contributed by atoms with Gasteiger partial charge in [-0.2, -0.15) is 0 Å². The van der Waals surface area contributed by atoms with Crippen molar-refractivity contribution in [1.82, 2.24) is 0 Å². The van der Waals surface area contributed by atoms with E-state index in [1.807, 2.05) is 31.2 Å². The first-order valence-corrected chi connectivity index (χ1v) is 11.9. The number of ether oxygens (including phenoxy) is 1. The molecule has 2 aromatic rings. The van der Waals surface area contributed by atoms with Crippen molar-refractivity contribution in [2.45, 2.75) is 46.0 Å². The van der Waals surface area contributed by atoms with E-state index < -0.39 is 11.9 Å². The molecule has 7 nitrogen and oxygen atoms in total. The van der Waals surface area contributed by atoms with Crippen molar-refractivity contribution in [3.05, 3.63) is 53.6 Å². The molecule has 0 unspecified atom stereocenters. The monoisotopic (exact) mass is 460 g/mol. The average molecular weight is 461 g/mol. The summed E-state index contributed by atoms with van der Waals surface area (Å²) in [6.45, 7) is 4.05. The third-order valence-electron chi connectivity index (χ3n) is 7.27. The first kappa shape index (κ1) is 22.3. The van der Waals surface area contributed by atoms with E-state index in [2.05, 4.69) is 0 Å². The van der Waals surface area contributed by atoms with Crippen LogP contribution in [0.2, 0.25) is 0 Å². The van der Waals surface area contributed by atoms with Gasteiger partial charge in [0.15, 0.2) is 0 Å². The van der Waals surface area contributed by atoms with Gasteiger partial charge >= 0.3 is 5.97 Å². The minimum Gasteiger partial charge on any atom is -0.426 e. The fourth-order valence-corrected chi connectivity index (χ4v) is 5.38. The molecule has 7 heteroatoms. The predicted octanol–water partition coefficient (Wildman–Crippen LogP) is 3.94. The number of hydrogen-bond donors (Lipinski definition) is 0. The Morgan fingerprint density at radius 2 is 1.56 bits per heavy atom. The molecule has 34 heavy (non-hydrogen) atoms. The molecule has 2 saturated heterocycles. The molecule has 1 saturated carbocycles. The maximum absolute atomic E-state index is 12.9. The Morgan fingerprint density at radius 1 is 0.912 bits per heavy atom. The maximum Gasteiger partial charge on any atom is 0.316 e. The largest absolute Gasteiger partial charge is 0.426 e. The minimum absolute atomic E-state index is 0.101. The molecular weight excluding hydrogens is 432 g/mol. The molecule has 2 aliphatic heterocycles. The lowest BCUT2D eigenvalue weighted by Gasteiger charge is -2.19. The first-order chi connectivity index (χ1) is 16.3. The van der Waals surface area contributed by atoms with Crippen molar-refractivity contribution < 1.29 is 23.9 Å². The zero-order valence-electron chi connectivity index (χ0n) is 19.5. The predicted molar refractivity (Wildman–Crippen MR) is 126 cm³/mol. The number of nitrogens with zero attached hydrogens (tertiary/aromatic N) is 2. The van der Waals surface area contributed by atoms with Gasteiger partial charge in [0, 0.05) is 18.7 Å². The number of aryl methyl sites for hydroxylation is 2. The number of fused-ring (bicyclic) bond motifs is 1. The number of benzene rings is 2. The van der Waals surface area contributed by atoms with Gasteiger partial charge in [-0.15, -0.1) is 0 Å². The number of esters is 1. The molecule has 0 bridgehead atoms. The summed E-state index contributed by atoms with van der Waals surface area (Å²) in [4.78, 5) is 54.1. The average Bonchev–Trinajstić information content (AvgIpc) is 3.33. The van der Waals surface area contributed by atoms with Crippen LogP contribution in [0.3, 0.4) is 0 Å². The van der Waals surface area contributed by atoms with Crippen molar-refractivity contribution in [2.75, 3.05) is 16.3 Å². The molecule has 2 aromatic carbocycles. The van der Waals surface area contributed by atoms with Gasteiger partial charge in [-0.3, -0.25) is 19.2 Å². The lowest BCUT2D eigenvalue weighted by atomic mass is 9.81. The molecule has 3 fully saturated rings. The Labute approximate surface area is 198 Å². The number of rotatable bonds is 4. The molecule has 0 spiro atoms. The number of hydrogen-bond acceptors (Lipinski definition) is 5. The molecule has 3 aliphatic rings. The second-order valence-corrected chi connectivity index (χ2v) is 9.62. The molecule has 0 radical (unpaired) electrons. The Balaban J connectivity index is 1.28. The number of carbonyl (C=O) groups is 4. The summed E-state index contributed by atoms with van der Waals surface area (Å²) >= 11 is 0. The van der Waals surface area contributed by atoms with E-state index in [4.69, 9.17) is 4.74 Å². The van der Waals surface area contributed by atoms with Crippen LogP contribution in [0.25, 0.3) is 0 Å². The number of carbonyl (C=O) groups excluding carboxylic acids is 4. The Morgan fingerprint density at radius 3 is 2.18 bits per heavy atom. The fourth-order valence-electron chi connectivity index (χ4n) is 5.38. The van der Waals surface area contributed by atoms with E-state index in [1.54, 1.807) is 30.0 Å². The molecule has 0 aromatic heterocycles. The molecule has 2 heterocycles. The number of anilines is 2. The molecule has 0 N–H and O–H groups in total. The highest BCUT2D eigenvalue weighted by atomic mass is 16.5. The third kappa shape index (κ3) is 3.89. The molecule has 3 amide bonds. The first-order valence-electron chi connectivity index (χ1n) is 11.9. The molecule has 3 atom stereocenters. The summed E-state index contributed by atoms with van der Waals surface area (Å²) in [5, 5.41) is 0. The summed E-state index contributed by atoms with van der Waals surface area (Å²) in [6.07, 6.45) is 3.59. The third-order valence-corrected chi connectivity index (χ3v) is 7.27. The second-order valence-electron chi connectivity index (χ2n) is 9.62. The second kappa shape index (κ2) is 8.70. The SMILES string of the molecule is Cc1ccc(N2C[C@H](C(=O)Oc3ccc(N4C(=O)[C@H]5CCCC[C@@H]5C4=O)c(C)c3)CC2=O)cc1. The van der Waals surface area contributed by atoms with Gasteiger partial charge in [0.2, 0.25) is 17.7 Å². The van der Waals surface area contributed by atoms with E-state index in [0.29, 0.717) is 17.0 Å². The topological polar surface area (TPSA) is 84.0 Å². The Kier molecular flexibility index (Phi) is 5.71. The van der Waals surface area contributed by atoms with E-state index >= 15 is 0 Å².